The van der Waals surface area contributed by atoms with E-state index < -0.39 is 0 Å². The second kappa shape index (κ2) is 7.23. The van der Waals surface area contributed by atoms with Crippen molar-refractivity contribution < 1.29 is 0 Å². The predicted octanol–water partition coefficient (Wildman–Crippen LogP) is 8.07. The minimum Gasteiger partial charge on any atom is -0.328 e. The summed E-state index contributed by atoms with van der Waals surface area (Å²) in [7, 11) is 0. The van der Waals surface area contributed by atoms with E-state index in [4.69, 9.17) is 11.6 Å². The lowest BCUT2D eigenvalue weighted by molar-refractivity contribution is 0.723. The third-order valence-electron chi connectivity index (χ3n) is 7.40. The number of hydrogen-bond acceptors (Lipinski definition) is 1. The van der Waals surface area contributed by atoms with E-state index in [0.717, 1.165) is 11.7 Å². The summed E-state index contributed by atoms with van der Waals surface area (Å²) in [5, 5.41) is 0.767. The van der Waals surface area contributed by atoms with Crippen molar-refractivity contribution in [2.75, 3.05) is 11.4 Å². The van der Waals surface area contributed by atoms with Gasteiger partial charge in [-0.05, 0) is 51.1 Å². The van der Waals surface area contributed by atoms with Crippen molar-refractivity contribution in [2.24, 2.45) is 0 Å². The molecule has 0 fully saturated rings. The van der Waals surface area contributed by atoms with Crippen LogP contribution in [0.15, 0.2) is 114 Å². The number of benzene rings is 4. The van der Waals surface area contributed by atoms with Crippen LogP contribution in [0.25, 0.3) is 22.3 Å². The third kappa shape index (κ3) is 2.66. The second-order valence-corrected chi connectivity index (χ2v) is 9.37. The molecule has 0 aromatic heterocycles. The number of fused-ring (bicyclic) bond motifs is 6. The van der Waals surface area contributed by atoms with Crippen molar-refractivity contribution >= 4 is 17.3 Å². The molecule has 0 saturated heterocycles. The van der Waals surface area contributed by atoms with Crippen LogP contribution in [0.1, 0.15) is 34.1 Å². The van der Waals surface area contributed by atoms with E-state index in [1.54, 1.807) is 0 Å². The molecule has 3 aliphatic rings. The van der Waals surface area contributed by atoms with E-state index in [1.807, 2.05) is 12.2 Å². The van der Waals surface area contributed by atoms with Gasteiger partial charge in [-0.2, -0.15) is 0 Å². The summed E-state index contributed by atoms with van der Waals surface area (Å²) in [4.78, 5) is 2.22. The van der Waals surface area contributed by atoms with Gasteiger partial charge in [0.25, 0.3) is 0 Å². The number of anilines is 1. The van der Waals surface area contributed by atoms with Gasteiger partial charge in [-0.3, -0.25) is 0 Å². The highest BCUT2D eigenvalue weighted by Crippen LogP contribution is 2.59. The molecule has 158 valence electrons. The molecule has 33 heavy (non-hydrogen) atoms. The molecule has 0 radical (unpaired) electrons. The maximum atomic E-state index is 6.68. The Morgan fingerprint density at radius 3 is 1.82 bits per heavy atom. The van der Waals surface area contributed by atoms with Gasteiger partial charge in [-0.1, -0.05) is 109 Å². The fourth-order valence-electron chi connectivity index (χ4n) is 6.12. The normalized spacial score (nSPS) is 17.9. The van der Waals surface area contributed by atoms with Crippen LogP contribution in [0.3, 0.4) is 0 Å². The van der Waals surface area contributed by atoms with Gasteiger partial charge in [-0.15, -0.1) is 0 Å². The van der Waals surface area contributed by atoms with Gasteiger partial charge in [-0.25, -0.2) is 0 Å². The van der Waals surface area contributed by atoms with Crippen molar-refractivity contribution in [1.82, 2.24) is 0 Å². The van der Waals surface area contributed by atoms with E-state index in [1.165, 1.54) is 50.2 Å². The Hall–Kier alpha value is -3.55. The van der Waals surface area contributed by atoms with Gasteiger partial charge in [0.15, 0.2) is 0 Å². The molecule has 1 heterocycles. The van der Waals surface area contributed by atoms with Crippen LogP contribution < -0.4 is 4.90 Å². The average Bonchev–Trinajstić information content (AvgIpc) is 3.37. The third-order valence-corrected chi connectivity index (χ3v) is 7.73. The zero-order valence-electron chi connectivity index (χ0n) is 18.1. The smallest absolute Gasteiger partial charge is 0.109 e. The Bertz CT molecular complexity index is 1430. The van der Waals surface area contributed by atoms with Crippen LogP contribution in [0.4, 0.5) is 5.69 Å². The molecule has 4 aromatic carbocycles. The molecule has 2 aliphatic carbocycles. The Labute approximate surface area is 199 Å². The first-order chi connectivity index (χ1) is 16.3. The van der Waals surface area contributed by atoms with Crippen molar-refractivity contribution in [3.8, 4) is 22.3 Å². The molecule has 0 amide bonds. The number of nitrogens with zero attached hydrogens (tertiary/aromatic N) is 1. The maximum Gasteiger partial charge on any atom is 0.109 e. The van der Waals surface area contributed by atoms with E-state index in [0.29, 0.717) is 5.92 Å². The Morgan fingerprint density at radius 1 is 0.606 bits per heavy atom. The first kappa shape index (κ1) is 19.0. The minimum atomic E-state index is 0.268. The summed E-state index contributed by atoms with van der Waals surface area (Å²) < 4.78 is 0. The zero-order chi connectivity index (χ0) is 21.9. The zero-order valence-corrected chi connectivity index (χ0v) is 18.8. The largest absolute Gasteiger partial charge is 0.328 e. The molecule has 0 saturated carbocycles. The lowest BCUT2D eigenvalue weighted by Gasteiger charge is -2.28. The highest BCUT2D eigenvalue weighted by atomic mass is 35.5. The first-order valence-electron chi connectivity index (χ1n) is 11.5. The Morgan fingerprint density at radius 2 is 1.15 bits per heavy atom. The minimum absolute atomic E-state index is 0.268. The summed E-state index contributed by atoms with van der Waals surface area (Å²) in [6.07, 6.45) is 6.17. The van der Waals surface area contributed by atoms with Gasteiger partial charge in [0, 0.05) is 23.9 Å². The highest BCUT2D eigenvalue weighted by molar-refractivity contribution is 6.31. The molecule has 4 aromatic rings. The highest BCUT2D eigenvalue weighted by Gasteiger charge is 2.41. The lowest BCUT2D eigenvalue weighted by Crippen LogP contribution is -2.22. The van der Waals surface area contributed by atoms with Crippen LogP contribution in [0, 0.1) is 0 Å². The molecule has 7 rings (SSSR count). The van der Waals surface area contributed by atoms with Crippen molar-refractivity contribution in [3.05, 3.63) is 137 Å². The molecule has 1 aliphatic heterocycles. The molecule has 1 atom stereocenters. The van der Waals surface area contributed by atoms with E-state index >= 15 is 0 Å². The molecular formula is C31H22ClN. The molecule has 1 nitrogen and oxygen atoms in total. The fourth-order valence-corrected chi connectivity index (χ4v) is 6.35. The van der Waals surface area contributed by atoms with Crippen molar-refractivity contribution in [3.63, 3.8) is 0 Å². The standard InChI is InChI=1S/C31H22ClN/c32-28-18-7-8-19-33(28)27-17-9-16-26-29(27)24-14-5-6-15-25(24)31(26)30-22-12-3-1-10-20(22)21-11-2-4-13-23(21)30/h1-18,30-31H,19H2. The number of hydrogen-bond donors (Lipinski definition) is 0. The number of halogens is 1. The van der Waals surface area contributed by atoms with E-state index in [9.17, 15) is 0 Å². The average molecular weight is 444 g/mol. The maximum absolute atomic E-state index is 6.68. The summed E-state index contributed by atoms with van der Waals surface area (Å²) in [6.45, 7) is 0.785. The fraction of sp³-hybridized carbons (Fsp3) is 0.0968. The van der Waals surface area contributed by atoms with Crippen LogP contribution in [-0.2, 0) is 0 Å². The van der Waals surface area contributed by atoms with Crippen LogP contribution in [0.2, 0.25) is 0 Å². The monoisotopic (exact) mass is 443 g/mol. The quantitative estimate of drug-likeness (QED) is 0.283. The topological polar surface area (TPSA) is 3.24 Å². The van der Waals surface area contributed by atoms with E-state index in [-0.39, 0.29) is 5.92 Å². The van der Waals surface area contributed by atoms with Crippen molar-refractivity contribution in [2.45, 2.75) is 11.8 Å². The Balaban J connectivity index is 1.49. The lowest BCUT2D eigenvalue weighted by atomic mass is 9.78. The Kier molecular flexibility index (Phi) is 4.16. The molecule has 0 N–H and O–H groups in total. The van der Waals surface area contributed by atoms with Crippen LogP contribution in [0.5, 0.6) is 0 Å². The SMILES string of the molecule is ClC1=CC=CCN1c1cccc2c1-c1ccccc1C2C1c2ccccc2-c2ccccc21. The molecular weight excluding hydrogens is 422 g/mol. The van der Waals surface area contributed by atoms with Gasteiger partial charge in [0.1, 0.15) is 5.16 Å². The summed E-state index contributed by atoms with van der Waals surface area (Å²) in [6, 6.07) is 33.5. The number of rotatable bonds is 2. The molecule has 1 unspecified atom stereocenters. The summed E-state index contributed by atoms with van der Waals surface area (Å²) in [5.41, 5.74) is 12.2. The van der Waals surface area contributed by atoms with Crippen LogP contribution >= 0.6 is 11.6 Å². The first-order valence-corrected chi connectivity index (χ1v) is 11.9. The summed E-state index contributed by atoms with van der Waals surface area (Å²) in [5.74, 6) is 0.561. The van der Waals surface area contributed by atoms with Crippen LogP contribution in [-0.4, -0.2) is 6.54 Å². The molecule has 0 bridgehead atoms. The molecule has 0 spiro atoms. The molecule has 2 heteroatoms. The van der Waals surface area contributed by atoms with Gasteiger partial charge in [0.05, 0.1) is 5.69 Å². The number of allylic oxidation sites excluding steroid dienone is 2. The summed E-state index contributed by atoms with van der Waals surface area (Å²) >= 11 is 6.68. The van der Waals surface area contributed by atoms with Gasteiger partial charge < -0.3 is 4.90 Å². The van der Waals surface area contributed by atoms with E-state index in [2.05, 4.69) is 102 Å². The van der Waals surface area contributed by atoms with Crippen molar-refractivity contribution in [1.29, 1.82) is 0 Å². The predicted molar refractivity (Wildman–Crippen MR) is 138 cm³/mol. The van der Waals surface area contributed by atoms with Gasteiger partial charge >= 0.3 is 0 Å². The van der Waals surface area contributed by atoms with Gasteiger partial charge in [0.2, 0.25) is 0 Å². The second-order valence-electron chi connectivity index (χ2n) is 8.99.